The summed E-state index contributed by atoms with van der Waals surface area (Å²) in [6, 6.07) is 64.9. The third-order valence-electron chi connectivity index (χ3n) is 10.0. The molecule has 52 heavy (non-hydrogen) atoms. The Morgan fingerprint density at radius 1 is 0.404 bits per heavy atom. The molecule has 4 heteroatoms. The highest BCUT2D eigenvalue weighted by Crippen LogP contribution is 2.54. The average Bonchev–Trinajstić information content (AvgIpc) is 3.51. The minimum atomic E-state index is 0.844. The van der Waals surface area contributed by atoms with E-state index in [1.165, 1.54) is 38.8 Å². The fourth-order valence-corrected chi connectivity index (χ4v) is 7.71. The zero-order chi connectivity index (χ0) is 34.4. The number of anilines is 3. The van der Waals surface area contributed by atoms with Crippen LogP contribution in [0.15, 0.2) is 194 Å². The molecule has 0 amide bonds. The number of para-hydroxylation sites is 3. The van der Waals surface area contributed by atoms with Crippen LogP contribution in [0.1, 0.15) is 0 Å². The molecule has 0 N–H and O–H groups in total. The molecule has 0 atom stereocenters. The lowest BCUT2D eigenvalue weighted by molar-refractivity contribution is 1.10. The Kier molecular flexibility index (Phi) is 7.10. The molecular weight excluding hydrogens is 633 g/mol. The summed E-state index contributed by atoms with van der Waals surface area (Å²) in [5, 5.41) is 1.19. The number of hydrogen-bond acceptors (Lipinski definition) is 3. The predicted molar refractivity (Wildman–Crippen MR) is 214 cm³/mol. The van der Waals surface area contributed by atoms with E-state index in [1.807, 2.05) is 30.6 Å². The normalized spacial score (nSPS) is 11.8. The van der Waals surface area contributed by atoms with Crippen molar-refractivity contribution in [3.63, 3.8) is 0 Å². The first-order chi connectivity index (χ1) is 25.8. The maximum absolute atomic E-state index is 4.93. The summed E-state index contributed by atoms with van der Waals surface area (Å²) < 4.78 is 2.38. The monoisotopic (exact) mass is 664 g/mol. The van der Waals surface area contributed by atoms with Gasteiger partial charge in [-0.15, -0.1) is 0 Å². The molecule has 0 spiro atoms. The summed E-state index contributed by atoms with van der Waals surface area (Å²) in [6.07, 6.45) is 3.78. The number of benzene rings is 6. The van der Waals surface area contributed by atoms with Crippen LogP contribution in [0.4, 0.5) is 17.1 Å². The van der Waals surface area contributed by atoms with Crippen LogP contribution in [0.5, 0.6) is 0 Å². The zero-order valence-electron chi connectivity index (χ0n) is 28.3. The van der Waals surface area contributed by atoms with Gasteiger partial charge in [0.2, 0.25) is 0 Å². The van der Waals surface area contributed by atoms with E-state index in [9.17, 15) is 0 Å². The third-order valence-corrected chi connectivity index (χ3v) is 10.0. The molecule has 0 fully saturated rings. The number of hydrogen-bond donors (Lipinski definition) is 0. The lowest BCUT2D eigenvalue weighted by Crippen LogP contribution is -2.11. The predicted octanol–water partition coefficient (Wildman–Crippen LogP) is 12.5. The summed E-state index contributed by atoms with van der Waals surface area (Å²) in [4.78, 5) is 11.9. The van der Waals surface area contributed by atoms with Gasteiger partial charge in [-0.1, -0.05) is 121 Å². The Balaban J connectivity index is 1.25. The Labute approximate surface area is 302 Å². The molecule has 1 aliphatic rings. The molecule has 10 rings (SSSR count). The molecule has 0 saturated carbocycles. The molecule has 0 radical (unpaired) electrons. The van der Waals surface area contributed by atoms with E-state index in [2.05, 4.69) is 178 Å². The highest BCUT2D eigenvalue weighted by molar-refractivity contribution is 6.13. The van der Waals surface area contributed by atoms with Gasteiger partial charge in [0.1, 0.15) is 0 Å². The third kappa shape index (κ3) is 4.92. The number of aromatic nitrogens is 3. The molecule has 6 aromatic carbocycles. The molecule has 4 heterocycles. The number of fused-ring (bicyclic) bond motifs is 7. The fraction of sp³-hybridized carbons (Fsp3) is 0. The fourth-order valence-electron chi connectivity index (χ4n) is 7.71. The molecular formula is C48H32N4. The lowest BCUT2D eigenvalue weighted by atomic mass is 9.97. The molecule has 4 nitrogen and oxygen atoms in total. The van der Waals surface area contributed by atoms with Gasteiger partial charge < -0.3 is 9.47 Å². The molecule has 244 valence electrons. The number of pyridine rings is 2. The van der Waals surface area contributed by atoms with Gasteiger partial charge in [0.05, 0.1) is 45.9 Å². The average molecular weight is 665 g/mol. The molecule has 0 bridgehead atoms. The van der Waals surface area contributed by atoms with Crippen molar-refractivity contribution < 1.29 is 0 Å². The standard InChI is InChI=1S/C48H32N4/c1-3-15-33(16-4-1)35-29-36(34-17-5-2-6-18-34)31-38(30-35)51-44-23-10-7-19-39(44)47-40-20-8-11-24-45(40)52(48(47)41-21-9-12-25-46(41)51)37-26-27-43(50-32-37)42-22-13-14-28-49-42/h1-32H. The van der Waals surface area contributed by atoms with Gasteiger partial charge in [0.25, 0.3) is 0 Å². The summed E-state index contributed by atoms with van der Waals surface area (Å²) in [6.45, 7) is 0. The topological polar surface area (TPSA) is 34.0 Å². The largest absolute Gasteiger partial charge is 0.309 e. The van der Waals surface area contributed by atoms with Crippen molar-refractivity contribution in [1.82, 2.24) is 14.5 Å². The number of nitrogens with zero attached hydrogens (tertiary/aromatic N) is 4. The van der Waals surface area contributed by atoms with Crippen LogP contribution in [0.2, 0.25) is 0 Å². The first-order valence-electron chi connectivity index (χ1n) is 17.6. The quantitative estimate of drug-likeness (QED) is 0.184. The van der Waals surface area contributed by atoms with E-state index >= 15 is 0 Å². The van der Waals surface area contributed by atoms with Crippen molar-refractivity contribution >= 4 is 28.0 Å². The minimum absolute atomic E-state index is 0.844. The Morgan fingerprint density at radius 3 is 1.67 bits per heavy atom. The van der Waals surface area contributed by atoms with Gasteiger partial charge in [0.15, 0.2) is 0 Å². The minimum Gasteiger partial charge on any atom is -0.309 e. The second-order valence-corrected chi connectivity index (χ2v) is 13.1. The van der Waals surface area contributed by atoms with E-state index in [1.54, 1.807) is 0 Å². The lowest BCUT2D eigenvalue weighted by Gasteiger charge is -2.28. The van der Waals surface area contributed by atoms with Crippen LogP contribution in [-0.4, -0.2) is 14.5 Å². The Hall–Kier alpha value is -7.04. The molecule has 3 aromatic heterocycles. The Bertz CT molecular complexity index is 2660. The van der Waals surface area contributed by atoms with Gasteiger partial charge >= 0.3 is 0 Å². The van der Waals surface area contributed by atoms with Crippen LogP contribution in [0, 0.1) is 0 Å². The summed E-state index contributed by atoms with van der Waals surface area (Å²) in [7, 11) is 0. The van der Waals surface area contributed by atoms with E-state index < -0.39 is 0 Å². The first kappa shape index (κ1) is 29.8. The van der Waals surface area contributed by atoms with Crippen molar-refractivity contribution in [3.8, 4) is 61.7 Å². The van der Waals surface area contributed by atoms with Crippen molar-refractivity contribution in [2.24, 2.45) is 0 Å². The first-order valence-corrected chi connectivity index (χ1v) is 17.6. The second kappa shape index (κ2) is 12.4. The van der Waals surface area contributed by atoms with Gasteiger partial charge in [-0.3, -0.25) is 9.97 Å². The molecule has 0 unspecified atom stereocenters. The van der Waals surface area contributed by atoms with Crippen LogP contribution < -0.4 is 4.90 Å². The van der Waals surface area contributed by atoms with Crippen LogP contribution in [-0.2, 0) is 0 Å². The summed E-state index contributed by atoms with van der Waals surface area (Å²) in [5.74, 6) is 0. The van der Waals surface area contributed by atoms with Crippen molar-refractivity contribution in [2.75, 3.05) is 4.90 Å². The smallest absolute Gasteiger partial charge is 0.0887 e. The highest BCUT2D eigenvalue weighted by atomic mass is 15.2. The highest BCUT2D eigenvalue weighted by Gasteiger charge is 2.31. The molecule has 0 aliphatic carbocycles. The van der Waals surface area contributed by atoms with E-state index in [-0.39, 0.29) is 0 Å². The Morgan fingerprint density at radius 2 is 1.00 bits per heavy atom. The van der Waals surface area contributed by atoms with E-state index in [4.69, 9.17) is 4.98 Å². The van der Waals surface area contributed by atoms with Crippen molar-refractivity contribution in [1.29, 1.82) is 0 Å². The van der Waals surface area contributed by atoms with E-state index in [0.717, 1.165) is 50.9 Å². The van der Waals surface area contributed by atoms with Gasteiger partial charge in [-0.2, -0.15) is 0 Å². The van der Waals surface area contributed by atoms with Crippen LogP contribution >= 0.6 is 0 Å². The van der Waals surface area contributed by atoms with Gasteiger partial charge in [-0.05, 0) is 82.9 Å². The second-order valence-electron chi connectivity index (χ2n) is 13.1. The maximum Gasteiger partial charge on any atom is 0.0887 e. The zero-order valence-corrected chi connectivity index (χ0v) is 28.3. The van der Waals surface area contributed by atoms with E-state index in [0.29, 0.717) is 0 Å². The van der Waals surface area contributed by atoms with Crippen LogP contribution in [0.3, 0.4) is 0 Å². The molecule has 0 saturated heterocycles. The van der Waals surface area contributed by atoms with Crippen LogP contribution in [0.25, 0.3) is 72.6 Å². The SMILES string of the molecule is c1ccc(-c2cc(-c3ccccc3)cc(N3c4ccccc4-c4c(n(-c5ccc(-c6ccccn6)nc5)c5ccccc45)-c4ccccc43)c2)cc1. The maximum atomic E-state index is 4.93. The molecule has 9 aromatic rings. The van der Waals surface area contributed by atoms with Gasteiger partial charge in [0, 0.05) is 34.0 Å². The van der Waals surface area contributed by atoms with Crippen molar-refractivity contribution in [2.45, 2.75) is 0 Å². The summed E-state index contributed by atoms with van der Waals surface area (Å²) in [5.41, 5.74) is 16.5. The summed E-state index contributed by atoms with van der Waals surface area (Å²) >= 11 is 0. The van der Waals surface area contributed by atoms with Crippen molar-refractivity contribution in [3.05, 3.63) is 194 Å². The number of rotatable bonds is 5. The van der Waals surface area contributed by atoms with Gasteiger partial charge in [-0.25, -0.2) is 0 Å². The molecule has 1 aliphatic heterocycles.